The van der Waals surface area contributed by atoms with Gasteiger partial charge >= 0.3 is 0 Å². The van der Waals surface area contributed by atoms with Crippen LogP contribution < -0.4 is 0 Å². The molecule has 0 radical (unpaired) electrons. The van der Waals surface area contributed by atoms with Crippen LogP contribution in [0, 0.1) is 17.6 Å². The zero-order valence-corrected chi connectivity index (χ0v) is 21.3. The molecule has 2 aliphatic carbocycles. The van der Waals surface area contributed by atoms with Crippen LogP contribution in [0.1, 0.15) is 65.0 Å². The molecule has 4 atom stereocenters. The summed E-state index contributed by atoms with van der Waals surface area (Å²) in [5, 5.41) is 10.5. The summed E-state index contributed by atoms with van der Waals surface area (Å²) in [5.41, 5.74) is 6.17. The number of benzene rings is 3. The van der Waals surface area contributed by atoms with Gasteiger partial charge in [0.05, 0.1) is 6.10 Å². The zero-order chi connectivity index (χ0) is 25.4. The number of halogens is 2. The Kier molecular flexibility index (Phi) is 7.11. The number of fused-ring (bicyclic) bond motifs is 5. The first-order valence-electron chi connectivity index (χ1n) is 13.8. The first-order valence-corrected chi connectivity index (χ1v) is 13.8. The van der Waals surface area contributed by atoms with Gasteiger partial charge in [0.2, 0.25) is 0 Å². The van der Waals surface area contributed by atoms with Crippen LogP contribution >= 0.6 is 0 Å². The SMILES string of the molecule is OC(CCN1CCN(CC2CC3c4ccccc4Cc4ccc(F)cc4C3C2)CC1)c1ccc(F)cc1. The molecule has 0 amide bonds. The van der Waals surface area contributed by atoms with E-state index in [4.69, 9.17) is 0 Å². The van der Waals surface area contributed by atoms with Crippen LogP contribution in [-0.4, -0.2) is 54.2 Å². The summed E-state index contributed by atoms with van der Waals surface area (Å²) in [6.45, 7) is 6.05. The Morgan fingerprint density at radius 3 is 2.19 bits per heavy atom. The van der Waals surface area contributed by atoms with Gasteiger partial charge in [-0.1, -0.05) is 42.5 Å². The fourth-order valence-corrected chi connectivity index (χ4v) is 7.03. The second kappa shape index (κ2) is 10.6. The minimum atomic E-state index is -0.555. The minimum Gasteiger partial charge on any atom is -0.388 e. The summed E-state index contributed by atoms with van der Waals surface area (Å²) < 4.78 is 27.5. The number of piperazine rings is 1. The molecule has 1 saturated heterocycles. The molecular formula is C32H36F2N2O. The fourth-order valence-electron chi connectivity index (χ4n) is 7.03. The van der Waals surface area contributed by atoms with E-state index in [2.05, 4.69) is 34.1 Å². The predicted octanol–water partition coefficient (Wildman–Crippen LogP) is 5.89. The van der Waals surface area contributed by atoms with Gasteiger partial charge < -0.3 is 14.9 Å². The first-order chi connectivity index (χ1) is 18.0. The molecule has 1 aliphatic heterocycles. The molecule has 1 saturated carbocycles. The van der Waals surface area contributed by atoms with Crippen LogP contribution in [0.25, 0.3) is 0 Å². The Labute approximate surface area is 218 Å². The van der Waals surface area contributed by atoms with Gasteiger partial charge in [0, 0.05) is 39.3 Å². The minimum absolute atomic E-state index is 0.118. The van der Waals surface area contributed by atoms with Crippen molar-refractivity contribution in [1.29, 1.82) is 0 Å². The van der Waals surface area contributed by atoms with Crippen molar-refractivity contribution in [3.8, 4) is 0 Å². The lowest BCUT2D eigenvalue weighted by Crippen LogP contribution is -2.47. The highest BCUT2D eigenvalue weighted by Crippen LogP contribution is 2.52. The van der Waals surface area contributed by atoms with Crippen LogP contribution in [-0.2, 0) is 6.42 Å². The van der Waals surface area contributed by atoms with Crippen LogP contribution in [0.3, 0.4) is 0 Å². The largest absolute Gasteiger partial charge is 0.388 e. The molecule has 194 valence electrons. The van der Waals surface area contributed by atoms with Crippen molar-refractivity contribution < 1.29 is 13.9 Å². The van der Waals surface area contributed by atoms with Gasteiger partial charge in [-0.05, 0) is 95.5 Å². The third-order valence-corrected chi connectivity index (χ3v) is 8.96. The Morgan fingerprint density at radius 1 is 0.757 bits per heavy atom. The smallest absolute Gasteiger partial charge is 0.123 e. The fraction of sp³-hybridized carbons (Fsp3) is 0.438. The van der Waals surface area contributed by atoms with Crippen molar-refractivity contribution in [2.75, 3.05) is 39.3 Å². The number of aliphatic hydroxyl groups excluding tert-OH is 1. The van der Waals surface area contributed by atoms with Crippen molar-refractivity contribution in [3.05, 3.63) is 106 Å². The van der Waals surface area contributed by atoms with Crippen LogP contribution in [0.2, 0.25) is 0 Å². The average Bonchev–Trinajstić information content (AvgIpc) is 3.28. The monoisotopic (exact) mass is 502 g/mol. The maximum atomic E-state index is 14.3. The van der Waals surface area contributed by atoms with E-state index < -0.39 is 6.10 Å². The quantitative estimate of drug-likeness (QED) is 0.456. The maximum absolute atomic E-state index is 14.3. The van der Waals surface area contributed by atoms with Crippen molar-refractivity contribution >= 4 is 0 Å². The number of nitrogens with zero attached hydrogens (tertiary/aromatic N) is 2. The number of aliphatic hydroxyl groups is 1. The predicted molar refractivity (Wildman–Crippen MR) is 143 cm³/mol. The summed E-state index contributed by atoms with van der Waals surface area (Å²) >= 11 is 0. The van der Waals surface area contributed by atoms with E-state index in [1.165, 1.54) is 40.8 Å². The van der Waals surface area contributed by atoms with E-state index in [1.54, 1.807) is 24.3 Å². The molecule has 1 N–H and O–H groups in total. The molecule has 6 rings (SSSR count). The van der Waals surface area contributed by atoms with Gasteiger partial charge in [-0.2, -0.15) is 0 Å². The second-order valence-electron chi connectivity index (χ2n) is 11.3. The highest BCUT2D eigenvalue weighted by atomic mass is 19.1. The summed E-state index contributed by atoms with van der Waals surface area (Å²) in [4.78, 5) is 5.03. The average molecular weight is 503 g/mol. The maximum Gasteiger partial charge on any atom is 0.123 e. The van der Waals surface area contributed by atoms with E-state index in [1.807, 2.05) is 6.07 Å². The highest BCUT2D eigenvalue weighted by Gasteiger charge is 2.40. The molecular weight excluding hydrogens is 466 g/mol. The standard InChI is InChI=1S/C32H36F2N2O/c33-26-8-5-23(6-9-26)32(37)11-12-35-13-15-36(16-14-35)21-22-17-30-28-4-2-1-3-24(28)19-25-7-10-27(34)20-29(25)31(30)18-22/h1-10,20,22,30-32,37H,11-19,21H2. The van der Waals surface area contributed by atoms with E-state index in [0.717, 1.165) is 57.7 Å². The van der Waals surface area contributed by atoms with Crippen molar-refractivity contribution in [2.45, 2.75) is 43.6 Å². The third-order valence-electron chi connectivity index (χ3n) is 8.96. The first kappa shape index (κ1) is 24.7. The van der Waals surface area contributed by atoms with Crippen molar-refractivity contribution in [2.24, 2.45) is 5.92 Å². The molecule has 3 aromatic carbocycles. The van der Waals surface area contributed by atoms with E-state index in [9.17, 15) is 13.9 Å². The molecule has 3 aromatic rings. The van der Waals surface area contributed by atoms with Gasteiger partial charge in [-0.25, -0.2) is 8.78 Å². The van der Waals surface area contributed by atoms with Gasteiger partial charge in [0.25, 0.3) is 0 Å². The Morgan fingerprint density at radius 2 is 1.41 bits per heavy atom. The molecule has 1 heterocycles. The number of rotatable bonds is 6. The third kappa shape index (κ3) is 5.36. The van der Waals surface area contributed by atoms with E-state index in [-0.39, 0.29) is 11.6 Å². The van der Waals surface area contributed by atoms with Crippen LogP contribution in [0.15, 0.2) is 66.7 Å². The van der Waals surface area contributed by atoms with Crippen molar-refractivity contribution in [1.82, 2.24) is 9.80 Å². The summed E-state index contributed by atoms with van der Waals surface area (Å²) in [6.07, 6.45) is 3.30. The molecule has 2 fully saturated rings. The molecule has 37 heavy (non-hydrogen) atoms. The lowest BCUT2D eigenvalue weighted by atomic mass is 9.84. The molecule has 0 bridgehead atoms. The van der Waals surface area contributed by atoms with E-state index >= 15 is 0 Å². The van der Waals surface area contributed by atoms with E-state index in [0.29, 0.717) is 24.2 Å². The van der Waals surface area contributed by atoms with Gasteiger partial charge in [0.1, 0.15) is 11.6 Å². The molecule has 5 heteroatoms. The lowest BCUT2D eigenvalue weighted by Gasteiger charge is -2.36. The Bertz CT molecular complexity index is 1220. The van der Waals surface area contributed by atoms with Gasteiger partial charge in [0.15, 0.2) is 0 Å². The van der Waals surface area contributed by atoms with Crippen LogP contribution in [0.5, 0.6) is 0 Å². The Balaban J connectivity index is 1.06. The topological polar surface area (TPSA) is 26.7 Å². The summed E-state index contributed by atoms with van der Waals surface area (Å²) in [6, 6.07) is 20.4. The summed E-state index contributed by atoms with van der Waals surface area (Å²) in [7, 11) is 0. The lowest BCUT2D eigenvalue weighted by molar-refractivity contribution is 0.0946. The molecule has 0 spiro atoms. The number of hydrogen-bond donors (Lipinski definition) is 1. The highest BCUT2D eigenvalue weighted by molar-refractivity contribution is 5.46. The normalized spacial score (nSPS) is 24.7. The molecule has 4 unspecified atom stereocenters. The zero-order valence-electron chi connectivity index (χ0n) is 21.3. The Hall–Kier alpha value is -2.60. The van der Waals surface area contributed by atoms with Crippen LogP contribution in [0.4, 0.5) is 8.78 Å². The molecule has 3 nitrogen and oxygen atoms in total. The molecule has 0 aromatic heterocycles. The van der Waals surface area contributed by atoms with Gasteiger partial charge in [-0.3, -0.25) is 0 Å². The number of hydrogen-bond acceptors (Lipinski definition) is 3. The van der Waals surface area contributed by atoms with Crippen molar-refractivity contribution in [3.63, 3.8) is 0 Å². The summed E-state index contributed by atoms with van der Waals surface area (Å²) in [5.74, 6) is 1.09. The van der Waals surface area contributed by atoms with Gasteiger partial charge in [-0.15, -0.1) is 0 Å². The molecule has 3 aliphatic rings. The second-order valence-corrected chi connectivity index (χ2v) is 11.3.